The third-order valence-electron chi connectivity index (χ3n) is 3.01. The summed E-state index contributed by atoms with van der Waals surface area (Å²) in [6.07, 6.45) is 2.09. The first-order chi connectivity index (χ1) is 9.04. The molecule has 1 atom stereocenters. The van der Waals surface area contributed by atoms with Crippen molar-refractivity contribution >= 4 is 39.3 Å². The summed E-state index contributed by atoms with van der Waals surface area (Å²) in [5.41, 5.74) is 0.309. The maximum absolute atomic E-state index is 12.5. The molecule has 0 radical (unpaired) electrons. The van der Waals surface area contributed by atoms with Crippen molar-refractivity contribution in [3.05, 3.63) is 27.5 Å². The quantitative estimate of drug-likeness (QED) is 0.831. The monoisotopic (exact) mass is 345 g/mol. The number of carbonyl (C=O) groups excluding carboxylic acids is 2. The highest BCUT2D eigenvalue weighted by Crippen LogP contribution is 2.22. The number of hydrogen-bond donors (Lipinski definition) is 1. The molecule has 2 rings (SSSR count). The molecule has 2 heterocycles. The number of nitrogens with one attached hydrogen (secondary N) is 1. The third kappa shape index (κ3) is 2.90. The van der Waals surface area contributed by atoms with Crippen LogP contribution in [0.3, 0.4) is 0 Å². The van der Waals surface area contributed by atoms with Gasteiger partial charge in [-0.15, -0.1) is 0 Å². The van der Waals surface area contributed by atoms with Crippen LogP contribution in [0.2, 0.25) is 5.15 Å². The summed E-state index contributed by atoms with van der Waals surface area (Å²) in [6.45, 7) is 2.81. The highest BCUT2D eigenvalue weighted by Gasteiger charge is 2.33. The number of halogens is 2. The number of hydrogen-bond acceptors (Lipinski definition) is 3. The van der Waals surface area contributed by atoms with Gasteiger partial charge in [0.25, 0.3) is 5.91 Å². The van der Waals surface area contributed by atoms with Gasteiger partial charge >= 0.3 is 0 Å². The molecule has 1 aliphatic rings. The average molecular weight is 347 g/mol. The van der Waals surface area contributed by atoms with E-state index in [1.54, 1.807) is 11.0 Å². The smallest absolute Gasteiger partial charge is 0.257 e. The molecule has 0 bridgehead atoms. The summed E-state index contributed by atoms with van der Waals surface area (Å²) in [5.74, 6) is -0.387. The highest BCUT2D eigenvalue weighted by atomic mass is 79.9. The zero-order valence-electron chi connectivity index (χ0n) is 10.3. The van der Waals surface area contributed by atoms with Crippen molar-refractivity contribution in [1.82, 2.24) is 15.2 Å². The Labute approximate surface area is 124 Å². The van der Waals surface area contributed by atoms with E-state index < -0.39 is 6.04 Å². The van der Waals surface area contributed by atoms with Crippen molar-refractivity contribution in [2.75, 3.05) is 13.1 Å². The standard InChI is InChI=1S/C12H13BrClN3O2/c1-2-9-11(18)15-3-4-17(9)12(19)8-5-7(13)6-16-10(8)14/h5-6,9H,2-4H2,1H3,(H,15,18). The topological polar surface area (TPSA) is 62.3 Å². The molecule has 1 aliphatic heterocycles. The molecular weight excluding hydrogens is 334 g/mol. The number of rotatable bonds is 2. The number of pyridine rings is 1. The second kappa shape index (κ2) is 5.88. The molecule has 1 saturated heterocycles. The Morgan fingerprint density at radius 1 is 1.68 bits per heavy atom. The van der Waals surface area contributed by atoms with Gasteiger partial charge in [-0.2, -0.15) is 0 Å². The van der Waals surface area contributed by atoms with Crippen LogP contribution in [0.15, 0.2) is 16.7 Å². The number of amides is 2. The molecule has 0 aliphatic carbocycles. The van der Waals surface area contributed by atoms with Crippen LogP contribution in [0.25, 0.3) is 0 Å². The van der Waals surface area contributed by atoms with Crippen LogP contribution < -0.4 is 5.32 Å². The molecule has 0 spiro atoms. The predicted octanol–water partition coefficient (Wildman–Crippen LogP) is 1.85. The average Bonchev–Trinajstić information content (AvgIpc) is 2.40. The number of aromatic nitrogens is 1. The van der Waals surface area contributed by atoms with Crippen molar-refractivity contribution in [1.29, 1.82) is 0 Å². The first-order valence-electron chi connectivity index (χ1n) is 5.94. The van der Waals surface area contributed by atoms with E-state index in [1.165, 1.54) is 6.20 Å². The van der Waals surface area contributed by atoms with Gasteiger partial charge in [0.2, 0.25) is 5.91 Å². The summed E-state index contributed by atoms with van der Waals surface area (Å²) in [4.78, 5) is 29.7. The van der Waals surface area contributed by atoms with Gasteiger partial charge in [-0.3, -0.25) is 9.59 Å². The summed E-state index contributed by atoms with van der Waals surface area (Å²) in [6, 6.07) is 1.17. The van der Waals surface area contributed by atoms with Gasteiger partial charge in [0.15, 0.2) is 0 Å². The van der Waals surface area contributed by atoms with E-state index >= 15 is 0 Å². The van der Waals surface area contributed by atoms with E-state index in [0.717, 1.165) is 0 Å². The van der Waals surface area contributed by atoms with Crippen LogP contribution in [0.4, 0.5) is 0 Å². The highest BCUT2D eigenvalue weighted by molar-refractivity contribution is 9.10. The van der Waals surface area contributed by atoms with Crippen LogP contribution in [0, 0.1) is 0 Å². The Morgan fingerprint density at radius 2 is 2.42 bits per heavy atom. The Bertz CT molecular complexity index is 524. The maximum Gasteiger partial charge on any atom is 0.257 e. The Morgan fingerprint density at radius 3 is 3.11 bits per heavy atom. The fraction of sp³-hybridized carbons (Fsp3) is 0.417. The summed E-state index contributed by atoms with van der Waals surface area (Å²) >= 11 is 9.22. The summed E-state index contributed by atoms with van der Waals surface area (Å²) < 4.78 is 0.676. The van der Waals surface area contributed by atoms with Crippen LogP contribution in [0.5, 0.6) is 0 Å². The first-order valence-corrected chi connectivity index (χ1v) is 7.11. The zero-order valence-corrected chi connectivity index (χ0v) is 12.7. The molecular formula is C12H13BrClN3O2. The van der Waals surface area contributed by atoms with Crippen LogP contribution in [0.1, 0.15) is 23.7 Å². The third-order valence-corrected chi connectivity index (χ3v) is 3.75. The van der Waals surface area contributed by atoms with Gasteiger partial charge in [0, 0.05) is 23.8 Å². The number of piperazine rings is 1. The second-order valence-electron chi connectivity index (χ2n) is 4.21. The molecule has 1 N–H and O–H groups in total. The van der Waals surface area contributed by atoms with Crippen molar-refractivity contribution in [2.45, 2.75) is 19.4 Å². The Kier molecular flexibility index (Phi) is 4.42. The van der Waals surface area contributed by atoms with Crippen molar-refractivity contribution < 1.29 is 9.59 Å². The fourth-order valence-electron chi connectivity index (χ4n) is 2.09. The van der Waals surface area contributed by atoms with Gasteiger partial charge in [0.05, 0.1) is 5.56 Å². The van der Waals surface area contributed by atoms with Crippen LogP contribution in [-0.2, 0) is 4.79 Å². The van der Waals surface area contributed by atoms with Crippen molar-refractivity contribution in [2.24, 2.45) is 0 Å². The van der Waals surface area contributed by atoms with Gasteiger partial charge in [-0.1, -0.05) is 18.5 Å². The Balaban J connectivity index is 2.32. The van der Waals surface area contributed by atoms with E-state index in [9.17, 15) is 9.59 Å². The number of nitrogens with zero attached hydrogens (tertiary/aromatic N) is 2. The summed E-state index contributed by atoms with van der Waals surface area (Å²) in [7, 11) is 0. The normalized spacial score (nSPS) is 19.2. The lowest BCUT2D eigenvalue weighted by molar-refractivity contribution is -0.127. The molecule has 2 amide bonds. The predicted molar refractivity (Wildman–Crippen MR) is 75.1 cm³/mol. The SMILES string of the molecule is CCC1C(=O)NCCN1C(=O)c1cc(Br)cnc1Cl. The molecule has 0 aromatic carbocycles. The van der Waals surface area contributed by atoms with E-state index in [0.29, 0.717) is 29.5 Å². The van der Waals surface area contributed by atoms with Crippen LogP contribution in [-0.4, -0.2) is 40.8 Å². The van der Waals surface area contributed by atoms with Crippen LogP contribution >= 0.6 is 27.5 Å². The lowest BCUT2D eigenvalue weighted by Crippen LogP contribution is -2.56. The minimum Gasteiger partial charge on any atom is -0.353 e. The lowest BCUT2D eigenvalue weighted by Gasteiger charge is -2.34. The van der Waals surface area contributed by atoms with E-state index in [4.69, 9.17) is 11.6 Å². The molecule has 5 nitrogen and oxygen atoms in total. The molecule has 102 valence electrons. The molecule has 1 aromatic rings. The second-order valence-corrected chi connectivity index (χ2v) is 5.48. The van der Waals surface area contributed by atoms with Gasteiger partial charge < -0.3 is 10.2 Å². The van der Waals surface area contributed by atoms with E-state index in [1.807, 2.05) is 6.92 Å². The maximum atomic E-state index is 12.5. The van der Waals surface area contributed by atoms with Gasteiger partial charge in [-0.25, -0.2) is 4.98 Å². The molecule has 0 saturated carbocycles. The molecule has 19 heavy (non-hydrogen) atoms. The van der Waals surface area contributed by atoms with E-state index in [-0.39, 0.29) is 17.0 Å². The van der Waals surface area contributed by atoms with Crippen molar-refractivity contribution in [3.63, 3.8) is 0 Å². The van der Waals surface area contributed by atoms with Crippen molar-refractivity contribution in [3.8, 4) is 0 Å². The number of carbonyl (C=O) groups is 2. The molecule has 7 heteroatoms. The molecule has 1 aromatic heterocycles. The summed E-state index contributed by atoms with van der Waals surface area (Å²) in [5, 5.41) is 2.90. The largest absolute Gasteiger partial charge is 0.353 e. The first kappa shape index (κ1) is 14.3. The fourth-order valence-corrected chi connectivity index (χ4v) is 2.61. The minimum atomic E-state index is -0.448. The minimum absolute atomic E-state index is 0.124. The molecule has 1 unspecified atom stereocenters. The molecule has 1 fully saturated rings. The zero-order chi connectivity index (χ0) is 14.0. The lowest BCUT2D eigenvalue weighted by atomic mass is 10.1. The van der Waals surface area contributed by atoms with Gasteiger partial charge in [-0.05, 0) is 28.4 Å². The van der Waals surface area contributed by atoms with E-state index in [2.05, 4.69) is 26.2 Å². The Hall–Kier alpha value is -1.14. The van der Waals surface area contributed by atoms with Gasteiger partial charge in [0.1, 0.15) is 11.2 Å².